The summed E-state index contributed by atoms with van der Waals surface area (Å²) in [5, 5.41) is 18.7. The molecule has 2 aromatic carbocycles. The van der Waals surface area contributed by atoms with Crippen LogP contribution in [0.2, 0.25) is 0 Å². The summed E-state index contributed by atoms with van der Waals surface area (Å²) in [6.07, 6.45) is 0. The Bertz CT molecular complexity index is 753. The van der Waals surface area contributed by atoms with Gasteiger partial charge in [0.25, 0.3) is 10.1 Å². The van der Waals surface area contributed by atoms with Crippen LogP contribution in [0.4, 0.5) is 0 Å². The molecule has 2 rings (SSSR count). The molecule has 0 aromatic heterocycles. The van der Waals surface area contributed by atoms with Crippen LogP contribution in [-0.2, 0) is 10.1 Å². The van der Waals surface area contributed by atoms with Gasteiger partial charge in [-0.25, -0.2) is 4.79 Å². The SMILES string of the molecule is O=C(O)c1cc2cccc(S(=O)(=O)O)c2cc1O.[K]. The maximum Gasteiger partial charge on any atom is 0.339 e. The molecule has 0 aliphatic rings. The fourth-order valence-electron chi connectivity index (χ4n) is 1.68. The molecular formula is C11H8KO6S. The number of benzene rings is 2. The maximum atomic E-state index is 11.1. The van der Waals surface area contributed by atoms with Gasteiger partial charge in [0.05, 0.1) is 0 Å². The van der Waals surface area contributed by atoms with E-state index in [1.54, 1.807) is 0 Å². The zero-order valence-electron chi connectivity index (χ0n) is 9.86. The molecule has 0 aliphatic heterocycles. The molecule has 0 fully saturated rings. The number of phenols is 1. The van der Waals surface area contributed by atoms with Crippen molar-refractivity contribution < 1.29 is 28.0 Å². The van der Waals surface area contributed by atoms with E-state index < -0.39 is 21.8 Å². The van der Waals surface area contributed by atoms with Gasteiger partial charge in [0.1, 0.15) is 16.2 Å². The number of aromatic hydroxyl groups is 1. The van der Waals surface area contributed by atoms with Crippen molar-refractivity contribution in [2.45, 2.75) is 4.90 Å². The molecule has 0 atom stereocenters. The second-order valence-electron chi connectivity index (χ2n) is 3.63. The van der Waals surface area contributed by atoms with Gasteiger partial charge >= 0.3 is 5.97 Å². The van der Waals surface area contributed by atoms with Gasteiger partial charge in [-0.1, -0.05) is 12.1 Å². The van der Waals surface area contributed by atoms with Crippen molar-refractivity contribution in [3.8, 4) is 5.75 Å². The van der Waals surface area contributed by atoms with Gasteiger partial charge in [-0.2, -0.15) is 8.42 Å². The first kappa shape index (κ1) is 16.6. The summed E-state index contributed by atoms with van der Waals surface area (Å²) in [5.41, 5.74) is -0.338. The van der Waals surface area contributed by atoms with Crippen LogP contribution in [0.25, 0.3) is 10.8 Å². The van der Waals surface area contributed by atoms with Crippen molar-refractivity contribution in [1.29, 1.82) is 0 Å². The first-order chi connectivity index (χ1) is 8.30. The Balaban J connectivity index is 0.00000180. The van der Waals surface area contributed by atoms with Crippen LogP contribution in [0.5, 0.6) is 5.75 Å². The molecule has 3 N–H and O–H groups in total. The normalized spacial score (nSPS) is 11.0. The minimum Gasteiger partial charge on any atom is -0.507 e. The van der Waals surface area contributed by atoms with Crippen molar-refractivity contribution >= 4 is 78.2 Å². The van der Waals surface area contributed by atoms with Crippen molar-refractivity contribution in [2.24, 2.45) is 0 Å². The fraction of sp³-hybridized carbons (Fsp3) is 0. The molecule has 2 aromatic rings. The number of hydrogen-bond acceptors (Lipinski definition) is 4. The minimum absolute atomic E-state index is 0. The number of aromatic carboxylic acids is 1. The summed E-state index contributed by atoms with van der Waals surface area (Å²) in [5.74, 6) is -1.89. The van der Waals surface area contributed by atoms with E-state index in [0.29, 0.717) is 5.39 Å². The number of carbonyl (C=O) groups is 1. The Labute approximate surface area is 151 Å². The van der Waals surface area contributed by atoms with Crippen molar-refractivity contribution in [1.82, 2.24) is 0 Å². The number of carboxylic acids is 1. The van der Waals surface area contributed by atoms with Gasteiger partial charge in [0.2, 0.25) is 0 Å². The maximum absolute atomic E-state index is 11.1. The summed E-state index contributed by atoms with van der Waals surface area (Å²) >= 11 is 0. The third-order valence-electron chi connectivity index (χ3n) is 2.47. The largest absolute Gasteiger partial charge is 0.507 e. The second-order valence-corrected chi connectivity index (χ2v) is 5.02. The molecule has 0 amide bonds. The van der Waals surface area contributed by atoms with Crippen molar-refractivity contribution in [3.05, 3.63) is 35.9 Å². The van der Waals surface area contributed by atoms with Gasteiger partial charge in [0.15, 0.2) is 0 Å². The average Bonchev–Trinajstić information content (AvgIpc) is 2.25. The third kappa shape index (κ3) is 3.34. The monoisotopic (exact) mass is 307 g/mol. The van der Waals surface area contributed by atoms with Crippen LogP contribution in [0.1, 0.15) is 10.4 Å². The zero-order chi connectivity index (χ0) is 13.5. The summed E-state index contributed by atoms with van der Waals surface area (Å²) < 4.78 is 31.3. The molecule has 8 heteroatoms. The second kappa shape index (κ2) is 5.88. The van der Waals surface area contributed by atoms with Gasteiger partial charge < -0.3 is 10.2 Å². The van der Waals surface area contributed by atoms with Gasteiger partial charge in [-0.05, 0) is 23.6 Å². The van der Waals surface area contributed by atoms with E-state index in [4.69, 9.17) is 9.66 Å². The molecule has 0 spiro atoms. The summed E-state index contributed by atoms with van der Waals surface area (Å²) in [6.45, 7) is 0. The quantitative estimate of drug-likeness (QED) is 0.566. The van der Waals surface area contributed by atoms with Crippen LogP contribution in [0.15, 0.2) is 35.2 Å². The Kier molecular flexibility index (Phi) is 5.12. The minimum atomic E-state index is -4.44. The summed E-state index contributed by atoms with van der Waals surface area (Å²) in [6, 6.07) is 6.16. The van der Waals surface area contributed by atoms with Crippen LogP contribution in [-0.4, -0.2) is 80.5 Å². The third-order valence-corrected chi connectivity index (χ3v) is 3.38. The summed E-state index contributed by atoms with van der Waals surface area (Å²) in [4.78, 5) is 10.4. The first-order valence-corrected chi connectivity index (χ1v) is 6.21. The smallest absolute Gasteiger partial charge is 0.339 e. The van der Waals surface area contributed by atoms with Crippen LogP contribution in [0, 0.1) is 0 Å². The first-order valence-electron chi connectivity index (χ1n) is 4.77. The molecule has 0 heterocycles. The molecule has 0 aliphatic carbocycles. The van der Waals surface area contributed by atoms with E-state index in [0.717, 1.165) is 18.2 Å². The van der Waals surface area contributed by atoms with Crippen LogP contribution in [0.3, 0.4) is 0 Å². The number of fused-ring (bicyclic) bond motifs is 1. The van der Waals surface area contributed by atoms with Gasteiger partial charge in [0, 0.05) is 56.8 Å². The molecule has 0 unspecified atom stereocenters. The van der Waals surface area contributed by atoms with Gasteiger partial charge in [-0.3, -0.25) is 4.55 Å². The van der Waals surface area contributed by atoms with Crippen LogP contribution >= 0.6 is 0 Å². The van der Waals surface area contributed by atoms with E-state index in [1.807, 2.05) is 0 Å². The number of carboxylic acid groups (broad SMARTS) is 1. The van der Waals surface area contributed by atoms with E-state index in [2.05, 4.69) is 0 Å². The van der Waals surface area contributed by atoms with E-state index in [1.165, 1.54) is 12.1 Å². The molecular weight excluding hydrogens is 299 g/mol. The Morgan fingerprint density at radius 1 is 1.16 bits per heavy atom. The van der Waals surface area contributed by atoms with E-state index in [9.17, 15) is 18.3 Å². The van der Waals surface area contributed by atoms with E-state index >= 15 is 0 Å². The molecule has 6 nitrogen and oxygen atoms in total. The standard InChI is InChI=1S/C11H8O6S.K/c12-9-5-7-6(4-8(9)11(13)14)2-1-3-10(7)18(15,16)17;/h1-5,12H,(H,13,14)(H,15,16,17);. The Hall–Kier alpha value is -0.484. The molecule has 0 bridgehead atoms. The average molecular weight is 307 g/mol. The van der Waals surface area contributed by atoms with Crippen molar-refractivity contribution in [2.75, 3.05) is 0 Å². The van der Waals surface area contributed by atoms with Crippen molar-refractivity contribution in [3.63, 3.8) is 0 Å². The topological polar surface area (TPSA) is 112 Å². The molecule has 0 saturated heterocycles. The number of rotatable bonds is 2. The van der Waals surface area contributed by atoms with E-state index in [-0.39, 0.29) is 67.2 Å². The number of hydrogen-bond donors (Lipinski definition) is 3. The molecule has 0 saturated carbocycles. The molecule has 19 heavy (non-hydrogen) atoms. The van der Waals surface area contributed by atoms with Gasteiger partial charge in [-0.15, -0.1) is 0 Å². The molecule has 1 radical (unpaired) electrons. The Morgan fingerprint density at radius 3 is 2.32 bits per heavy atom. The van der Waals surface area contributed by atoms with Crippen LogP contribution < -0.4 is 0 Å². The predicted molar refractivity (Wildman–Crippen MR) is 68.1 cm³/mol. The summed E-state index contributed by atoms with van der Waals surface area (Å²) in [7, 11) is -4.44. The predicted octanol–water partition coefficient (Wildman–Crippen LogP) is 1.11. The fourth-order valence-corrected chi connectivity index (χ4v) is 2.39. The Morgan fingerprint density at radius 2 is 1.79 bits per heavy atom. The zero-order valence-corrected chi connectivity index (χ0v) is 13.8. The molecule has 95 valence electrons.